The third-order valence-corrected chi connectivity index (χ3v) is 9.64. The molecule has 170 valence electrons. The van der Waals surface area contributed by atoms with Crippen LogP contribution in [0.5, 0.6) is 0 Å². The van der Waals surface area contributed by atoms with Gasteiger partial charge in [-0.3, -0.25) is 13.9 Å². The molecule has 0 spiro atoms. The number of aliphatic hydroxyl groups is 1. The number of carbonyl (C=O) groups is 2. The van der Waals surface area contributed by atoms with Crippen LogP contribution in [-0.4, -0.2) is 47.8 Å². The Morgan fingerprint density at radius 2 is 1.84 bits per heavy atom. The number of fused-ring (bicyclic) bond motifs is 5. The second kappa shape index (κ2) is 7.96. The Balaban J connectivity index is 1.64. The summed E-state index contributed by atoms with van der Waals surface area (Å²) < 4.78 is 27.7. The van der Waals surface area contributed by atoms with Gasteiger partial charge in [-0.2, -0.15) is 0 Å². The molecule has 0 amide bonds. The minimum Gasteiger partial charge on any atom is -0.395 e. The fourth-order valence-corrected chi connectivity index (χ4v) is 7.95. The molecular weight excluding hydrogens is 426 g/mol. The lowest BCUT2D eigenvalue weighted by Crippen LogP contribution is -2.58. The Hall–Kier alpha value is -2.25. The molecule has 3 aliphatic carbocycles. The molecule has 0 radical (unpaired) electrons. The average Bonchev–Trinajstić information content (AvgIpc) is 3.20. The quantitative estimate of drug-likeness (QED) is 0.557. The molecular formula is C25H29NO5S. The van der Waals surface area contributed by atoms with E-state index in [-0.39, 0.29) is 17.6 Å². The number of Topliss-reactive ketones (excluding diaryl/α,β-unsaturated/α-hetero) is 2. The van der Waals surface area contributed by atoms with E-state index in [1.165, 1.54) is 9.88 Å². The zero-order valence-electron chi connectivity index (χ0n) is 18.2. The first-order valence-corrected chi connectivity index (χ1v) is 13.1. The molecule has 2 fully saturated rings. The topological polar surface area (TPSA) is 91.8 Å². The second-order valence-electron chi connectivity index (χ2n) is 9.58. The van der Waals surface area contributed by atoms with Gasteiger partial charge in [0, 0.05) is 12.1 Å². The number of carbonyl (C=O) groups excluding carboxylic acids is 2. The van der Waals surface area contributed by atoms with E-state index in [1.807, 2.05) is 30.3 Å². The maximum absolute atomic E-state index is 13.6. The van der Waals surface area contributed by atoms with Gasteiger partial charge in [0.25, 0.3) is 0 Å². The molecule has 1 heterocycles. The molecule has 6 nitrogen and oxygen atoms in total. The lowest BCUT2D eigenvalue weighted by molar-refractivity contribution is -0.148. The Morgan fingerprint density at radius 1 is 1.09 bits per heavy atom. The molecule has 1 aliphatic heterocycles. The van der Waals surface area contributed by atoms with Crippen molar-refractivity contribution in [2.75, 3.05) is 12.4 Å². The second-order valence-corrected chi connectivity index (χ2v) is 11.6. The average molecular weight is 456 g/mol. The maximum Gasteiger partial charge on any atom is 0.237 e. The van der Waals surface area contributed by atoms with Crippen LogP contribution in [0.1, 0.15) is 38.2 Å². The summed E-state index contributed by atoms with van der Waals surface area (Å²) >= 11 is 0. The molecule has 0 bridgehead atoms. The molecule has 6 unspecified atom stereocenters. The fraction of sp³-hybridized carbons (Fsp3) is 0.520. The van der Waals surface area contributed by atoms with Crippen LogP contribution >= 0.6 is 0 Å². The minimum atomic E-state index is -3.83. The monoisotopic (exact) mass is 455 g/mol. The number of hydrogen-bond donors (Lipinski definition) is 1. The van der Waals surface area contributed by atoms with Gasteiger partial charge in [0.1, 0.15) is 0 Å². The number of rotatable bonds is 4. The highest BCUT2D eigenvalue weighted by Crippen LogP contribution is 2.54. The SMILES string of the molecule is CC1CCCC2C1=CCC1C2C(=O)C(=O)C2C(c3ccccc3)=CN(S(=O)(=O)CCO)C21. The van der Waals surface area contributed by atoms with Crippen molar-refractivity contribution in [1.82, 2.24) is 4.31 Å². The van der Waals surface area contributed by atoms with Gasteiger partial charge in [-0.25, -0.2) is 8.42 Å². The van der Waals surface area contributed by atoms with E-state index in [9.17, 15) is 23.1 Å². The van der Waals surface area contributed by atoms with E-state index >= 15 is 0 Å². The molecule has 5 rings (SSSR count). The molecule has 7 heteroatoms. The summed E-state index contributed by atoms with van der Waals surface area (Å²) in [4.78, 5) is 27.1. The van der Waals surface area contributed by atoms with Crippen molar-refractivity contribution < 1.29 is 23.1 Å². The summed E-state index contributed by atoms with van der Waals surface area (Å²) in [5.41, 5.74) is 2.61. The first-order valence-electron chi connectivity index (χ1n) is 11.5. The Morgan fingerprint density at radius 3 is 2.56 bits per heavy atom. The van der Waals surface area contributed by atoms with Gasteiger partial charge >= 0.3 is 0 Å². The van der Waals surface area contributed by atoms with Crippen molar-refractivity contribution in [3.63, 3.8) is 0 Å². The number of ketones is 2. The van der Waals surface area contributed by atoms with E-state index in [4.69, 9.17) is 0 Å². The number of sulfonamides is 1. The molecule has 1 aromatic carbocycles. The first-order chi connectivity index (χ1) is 15.3. The molecule has 1 aromatic rings. The summed E-state index contributed by atoms with van der Waals surface area (Å²) in [6, 6.07) is 8.61. The molecule has 0 aromatic heterocycles. The smallest absolute Gasteiger partial charge is 0.237 e. The number of aliphatic hydroxyl groups excluding tert-OH is 1. The molecule has 1 N–H and O–H groups in total. The normalized spacial score (nSPS) is 34.4. The van der Waals surface area contributed by atoms with E-state index in [2.05, 4.69) is 13.0 Å². The predicted octanol–water partition coefficient (Wildman–Crippen LogP) is 2.80. The van der Waals surface area contributed by atoms with Crippen LogP contribution < -0.4 is 0 Å². The Labute approximate surface area is 189 Å². The van der Waals surface area contributed by atoms with Crippen LogP contribution in [0.4, 0.5) is 0 Å². The highest BCUT2D eigenvalue weighted by Gasteiger charge is 2.59. The van der Waals surface area contributed by atoms with E-state index in [1.54, 1.807) is 6.20 Å². The lowest BCUT2D eigenvalue weighted by Gasteiger charge is -2.49. The van der Waals surface area contributed by atoms with Gasteiger partial charge in [0.15, 0.2) is 0 Å². The van der Waals surface area contributed by atoms with E-state index in [0.29, 0.717) is 17.9 Å². The third kappa shape index (κ3) is 3.20. The maximum atomic E-state index is 13.6. The largest absolute Gasteiger partial charge is 0.395 e. The fourth-order valence-electron chi connectivity index (χ4n) is 6.58. The number of allylic oxidation sites excluding steroid dienone is 2. The lowest BCUT2D eigenvalue weighted by atomic mass is 9.56. The number of benzene rings is 1. The highest BCUT2D eigenvalue weighted by molar-refractivity contribution is 7.89. The van der Waals surface area contributed by atoms with Gasteiger partial charge in [-0.05, 0) is 48.2 Å². The molecule has 4 aliphatic rings. The van der Waals surface area contributed by atoms with Crippen LogP contribution in [0.25, 0.3) is 5.57 Å². The summed E-state index contributed by atoms with van der Waals surface area (Å²) in [6.45, 7) is 1.69. The summed E-state index contributed by atoms with van der Waals surface area (Å²) in [7, 11) is -3.83. The molecule has 32 heavy (non-hydrogen) atoms. The Kier molecular flexibility index (Phi) is 5.37. The molecule has 2 saturated carbocycles. The van der Waals surface area contributed by atoms with Crippen LogP contribution in [-0.2, 0) is 19.6 Å². The van der Waals surface area contributed by atoms with E-state index in [0.717, 1.165) is 24.8 Å². The van der Waals surface area contributed by atoms with E-state index < -0.39 is 46.0 Å². The van der Waals surface area contributed by atoms with Crippen LogP contribution in [0.2, 0.25) is 0 Å². The zero-order chi connectivity index (χ0) is 22.6. The summed E-state index contributed by atoms with van der Waals surface area (Å²) in [5, 5.41) is 9.39. The number of nitrogens with zero attached hydrogens (tertiary/aromatic N) is 1. The standard InChI is InChI=1S/C25H29NO5S/c1-15-6-5-9-18-17(15)10-11-19-21(18)24(28)25(29)22-20(16-7-3-2-4-8-16)14-26(23(19)22)32(30,31)13-12-27/h2-4,7-8,10,14-15,18-19,21-23,27H,5-6,9,11-13H2,1H3. The van der Waals surface area contributed by atoms with Crippen molar-refractivity contribution in [3.05, 3.63) is 53.7 Å². The molecule has 6 atom stereocenters. The third-order valence-electron chi connectivity index (χ3n) is 7.95. The Bertz CT molecular complexity index is 1110. The van der Waals surface area contributed by atoms with Gasteiger partial charge in [-0.15, -0.1) is 0 Å². The highest BCUT2D eigenvalue weighted by atomic mass is 32.2. The van der Waals surface area contributed by atoms with Crippen LogP contribution in [0.3, 0.4) is 0 Å². The van der Waals surface area contributed by atoms with Crippen molar-refractivity contribution in [2.24, 2.45) is 29.6 Å². The van der Waals surface area contributed by atoms with Gasteiger partial charge in [0.05, 0.1) is 24.3 Å². The van der Waals surface area contributed by atoms with Crippen molar-refractivity contribution in [2.45, 2.75) is 38.6 Å². The van der Waals surface area contributed by atoms with Gasteiger partial charge < -0.3 is 5.11 Å². The summed E-state index contributed by atoms with van der Waals surface area (Å²) in [6.07, 6.45) is 7.34. The van der Waals surface area contributed by atoms with Crippen LogP contribution in [0.15, 0.2) is 48.2 Å². The number of hydrogen-bond acceptors (Lipinski definition) is 5. The van der Waals surface area contributed by atoms with Crippen molar-refractivity contribution in [1.29, 1.82) is 0 Å². The van der Waals surface area contributed by atoms with Crippen molar-refractivity contribution >= 4 is 27.2 Å². The predicted molar refractivity (Wildman–Crippen MR) is 121 cm³/mol. The summed E-state index contributed by atoms with van der Waals surface area (Å²) in [5.74, 6) is -2.27. The minimum absolute atomic E-state index is 0.0260. The van der Waals surface area contributed by atoms with Gasteiger partial charge in [0.2, 0.25) is 21.6 Å². The molecule has 0 saturated heterocycles. The van der Waals surface area contributed by atoms with Crippen molar-refractivity contribution in [3.8, 4) is 0 Å². The zero-order valence-corrected chi connectivity index (χ0v) is 19.0. The van der Waals surface area contributed by atoms with Crippen LogP contribution in [0, 0.1) is 29.6 Å². The van der Waals surface area contributed by atoms with Gasteiger partial charge in [-0.1, -0.05) is 55.3 Å². The first kappa shape index (κ1) is 21.6.